The maximum absolute atomic E-state index is 11.8. The molecule has 3 rings (SSSR count). The van der Waals surface area contributed by atoms with Gasteiger partial charge in [-0.2, -0.15) is 9.61 Å². The zero-order valence-electron chi connectivity index (χ0n) is 15.7. The minimum absolute atomic E-state index is 0.0369. The van der Waals surface area contributed by atoms with Crippen LogP contribution in [0.4, 0.5) is 11.5 Å². The number of nitrogens with zero attached hydrogens (tertiary/aromatic N) is 4. The Morgan fingerprint density at radius 2 is 2.00 bits per heavy atom. The molecule has 2 aromatic heterocycles. The molecule has 0 atom stereocenters. The van der Waals surface area contributed by atoms with Crippen LogP contribution < -0.4 is 10.6 Å². The Labute approximate surface area is 163 Å². The van der Waals surface area contributed by atoms with Crippen LogP contribution >= 0.6 is 11.6 Å². The third-order valence-corrected chi connectivity index (χ3v) is 4.26. The summed E-state index contributed by atoms with van der Waals surface area (Å²) < 4.78 is 1.76. The van der Waals surface area contributed by atoms with Gasteiger partial charge in [0.2, 0.25) is 5.91 Å². The molecule has 0 saturated heterocycles. The van der Waals surface area contributed by atoms with E-state index in [9.17, 15) is 4.79 Å². The van der Waals surface area contributed by atoms with Crippen LogP contribution in [-0.4, -0.2) is 46.0 Å². The van der Waals surface area contributed by atoms with Crippen molar-refractivity contribution in [2.24, 2.45) is 0 Å². The molecule has 0 saturated carbocycles. The van der Waals surface area contributed by atoms with Crippen molar-refractivity contribution >= 4 is 34.7 Å². The van der Waals surface area contributed by atoms with E-state index in [0.717, 1.165) is 34.7 Å². The zero-order chi connectivity index (χ0) is 19.4. The third-order valence-electron chi connectivity index (χ3n) is 4.07. The number of amides is 1. The van der Waals surface area contributed by atoms with E-state index in [1.54, 1.807) is 10.6 Å². The summed E-state index contributed by atoms with van der Waals surface area (Å²) in [6, 6.07) is 9.49. The van der Waals surface area contributed by atoms with Gasteiger partial charge >= 0.3 is 0 Å². The molecule has 0 aliphatic rings. The summed E-state index contributed by atoms with van der Waals surface area (Å²) in [7, 11) is 3.72. The average Bonchev–Trinajstić information content (AvgIpc) is 3.03. The lowest BCUT2D eigenvalue weighted by Crippen LogP contribution is -2.27. The number of carbonyl (C=O) groups is 1. The minimum Gasteiger partial charge on any atom is -0.366 e. The van der Waals surface area contributed by atoms with Gasteiger partial charge in [0.1, 0.15) is 11.0 Å². The predicted octanol–water partition coefficient (Wildman–Crippen LogP) is 3.06. The Morgan fingerprint density at radius 1 is 1.26 bits per heavy atom. The number of carbonyl (C=O) groups excluding carboxylic acids is 1. The van der Waals surface area contributed by atoms with Crippen LogP contribution in [0, 0.1) is 0 Å². The summed E-state index contributed by atoms with van der Waals surface area (Å²) in [5, 5.41) is 11.0. The minimum atomic E-state index is -0.0369. The van der Waals surface area contributed by atoms with Crippen LogP contribution in [0.2, 0.25) is 5.15 Å². The highest BCUT2D eigenvalue weighted by molar-refractivity contribution is 6.29. The summed E-state index contributed by atoms with van der Waals surface area (Å²) in [6.07, 6.45) is 2.66. The van der Waals surface area contributed by atoms with Crippen molar-refractivity contribution in [1.29, 1.82) is 0 Å². The second kappa shape index (κ2) is 8.37. The molecule has 7 nitrogen and oxygen atoms in total. The van der Waals surface area contributed by atoms with E-state index in [-0.39, 0.29) is 5.91 Å². The molecule has 1 amide bonds. The average molecular weight is 387 g/mol. The number of benzene rings is 1. The van der Waals surface area contributed by atoms with E-state index >= 15 is 0 Å². The molecule has 8 heteroatoms. The molecule has 0 aliphatic carbocycles. The van der Waals surface area contributed by atoms with Gasteiger partial charge in [-0.15, -0.1) is 0 Å². The fraction of sp³-hybridized carbons (Fsp3) is 0.316. The Bertz CT molecular complexity index is 935. The second-order valence-electron chi connectivity index (χ2n) is 6.56. The van der Waals surface area contributed by atoms with Crippen LogP contribution in [0.15, 0.2) is 36.5 Å². The third kappa shape index (κ3) is 4.75. The summed E-state index contributed by atoms with van der Waals surface area (Å²) in [6.45, 7) is 3.01. The Morgan fingerprint density at radius 3 is 2.67 bits per heavy atom. The first kappa shape index (κ1) is 19.1. The standard InChI is InChI=1S/C19H23ClN6O/c1-4-14-11-22-26-17(9-16(20)24-19(14)26)21-10-13-5-7-15(8-6-13)23-18(27)12-25(2)3/h5-9,11,21H,4,10,12H2,1-3H3,(H,23,27). The number of anilines is 2. The molecule has 0 radical (unpaired) electrons. The van der Waals surface area contributed by atoms with Gasteiger partial charge in [-0.1, -0.05) is 30.7 Å². The van der Waals surface area contributed by atoms with Gasteiger partial charge in [0, 0.05) is 23.9 Å². The molecule has 0 fully saturated rings. The summed E-state index contributed by atoms with van der Waals surface area (Å²) in [4.78, 5) is 18.0. The lowest BCUT2D eigenvalue weighted by Gasteiger charge is -2.11. The van der Waals surface area contributed by atoms with Gasteiger partial charge in [-0.25, -0.2) is 4.98 Å². The van der Waals surface area contributed by atoms with Crippen molar-refractivity contribution in [3.05, 3.63) is 52.8 Å². The highest BCUT2D eigenvalue weighted by Crippen LogP contribution is 2.20. The smallest absolute Gasteiger partial charge is 0.238 e. The lowest BCUT2D eigenvalue weighted by atomic mass is 10.2. The van der Waals surface area contributed by atoms with Crippen molar-refractivity contribution in [1.82, 2.24) is 19.5 Å². The van der Waals surface area contributed by atoms with Gasteiger partial charge in [0.15, 0.2) is 5.65 Å². The summed E-state index contributed by atoms with van der Waals surface area (Å²) in [5.74, 6) is 0.748. The number of hydrogen-bond donors (Lipinski definition) is 2. The van der Waals surface area contributed by atoms with Gasteiger partial charge in [-0.05, 0) is 38.2 Å². The molecule has 2 N–H and O–H groups in total. The SMILES string of the molecule is CCc1cnn2c(NCc3ccc(NC(=O)CN(C)C)cc3)cc(Cl)nc12. The Kier molecular flexibility index (Phi) is 5.93. The maximum atomic E-state index is 11.8. The number of aryl methyl sites for hydroxylation is 1. The van der Waals surface area contributed by atoms with E-state index in [4.69, 9.17) is 11.6 Å². The highest BCUT2D eigenvalue weighted by atomic mass is 35.5. The highest BCUT2D eigenvalue weighted by Gasteiger charge is 2.10. The first-order valence-electron chi connectivity index (χ1n) is 8.77. The van der Waals surface area contributed by atoms with Crippen molar-refractivity contribution in [2.75, 3.05) is 31.3 Å². The first-order valence-corrected chi connectivity index (χ1v) is 9.14. The lowest BCUT2D eigenvalue weighted by molar-refractivity contribution is -0.116. The van der Waals surface area contributed by atoms with Crippen LogP contribution in [-0.2, 0) is 17.8 Å². The molecule has 0 spiro atoms. The van der Waals surface area contributed by atoms with Crippen molar-refractivity contribution in [2.45, 2.75) is 19.9 Å². The topological polar surface area (TPSA) is 74.6 Å². The van der Waals surface area contributed by atoms with Crippen molar-refractivity contribution < 1.29 is 4.79 Å². The molecular formula is C19H23ClN6O. The normalized spacial score (nSPS) is 11.1. The number of halogens is 1. The number of nitrogens with one attached hydrogen (secondary N) is 2. The molecule has 3 aromatic rings. The quantitative estimate of drug-likeness (QED) is 0.610. The molecule has 0 bridgehead atoms. The molecule has 0 aliphatic heterocycles. The molecule has 142 valence electrons. The van der Waals surface area contributed by atoms with E-state index in [0.29, 0.717) is 18.2 Å². The van der Waals surface area contributed by atoms with E-state index in [2.05, 4.69) is 27.6 Å². The fourth-order valence-corrected chi connectivity index (χ4v) is 2.92. The first-order chi connectivity index (χ1) is 13.0. The number of aromatic nitrogens is 3. The molecule has 0 unspecified atom stereocenters. The van der Waals surface area contributed by atoms with Crippen molar-refractivity contribution in [3.63, 3.8) is 0 Å². The van der Waals surface area contributed by atoms with E-state index < -0.39 is 0 Å². The van der Waals surface area contributed by atoms with Gasteiger partial charge in [0.05, 0.1) is 12.7 Å². The maximum Gasteiger partial charge on any atom is 0.238 e. The summed E-state index contributed by atoms with van der Waals surface area (Å²) >= 11 is 6.16. The van der Waals surface area contributed by atoms with Crippen LogP contribution in [0.25, 0.3) is 5.65 Å². The van der Waals surface area contributed by atoms with Gasteiger partial charge in [-0.3, -0.25) is 4.79 Å². The van der Waals surface area contributed by atoms with Crippen molar-refractivity contribution in [3.8, 4) is 0 Å². The van der Waals surface area contributed by atoms with E-state index in [1.807, 2.05) is 49.5 Å². The number of fused-ring (bicyclic) bond motifs is 1. The van der Waals surface area contributed by atoms with Crippen LogP contribution in [0.3, 0.4) is 0 Å². The number of hydrogen-bond acceptors (Lipinski definition) is 5. The number of rotatable bonds is 7. The van der Waals surface area contributed by atoms with Gasteiger partial charge in [0.25, 0.3) is 0 Å². The van der Waals surface area contributed by atoms with Crippen LogP contribution in [0.5, 0.6) is 0 Å². The predicted molar refractivity (Wildman–Crippen MR) is 108 cm³/mol. The summed E-state index contributed by atoms with van der Waals surface area (Å²) in [5.41, 5.74) is 3.67. The molecule has 27 heavy (non-hydrogen) atoms. The Balaban J connectivity index is 1.68. The number of likely N-dealkylation sites (N-methyl/N-ethyl adjacent to an activating group) is 1. The monoisotopic (exact) mass is 386 g/mol. The van der Waals surface area contributed by atoms with Gasteiger partial charge < -0.3 is 15.5 Å². The fourth-order valence-electron chi connectivity index (χ4n) is 2.74. The second-order valence-corrected chi connectivity index (χ2v) is 6.95. The van der Waals surface area contributed by atoms with Crippen LogP contribution in [0.1, 0.15) is 18.1 Å². The largest absolute Gasteiger partial charge is 0.366 e. The molecule has 2 heterocycles. The molecule has 1 aromatic carbocycles. The molecular weight excluding hydrogens is 364 g/mol. The van der Waals surface area contributed by atoms with E-state index in [1.165, 1.54) is 0 Å². The Hall–Kier alpha value is -2.64. The zero-order valence-corrected chi connectivity index (χ0v) is 16.4.